The third-order valence-electron chi connectivity index (χ3n) is 16.4. The van der Waals surface area contributed by atoms with E-state index in [1.807, 2.05) is 89.6 Å². The van der Waals surface area contributed by atoms with Gasteiger partial charge in [-0.15, -0.1) is 0 Å². The van der Waals surface area contributed by atoms with Gasteiger partial charge in [-0.05, 0) is 74.6 Å². The molecule has 4 bridgehead atoms. The molecule has 0 radical (unpaired) electrons. The number of aromatic nitrogens is 1. The summed E-state index contributed by atoms with van der Waals surface area (Å²) in [6, 6.07) is 14.6. The molecule has 7 heterocycles. The molecule has 1 unspecified atom stereocenters. The van der Waals surface area contributed by atoms with Crippen molar-refractivity contribution in [2.24, 2.45) is 11.7 Å². The highest BCUT2D eigenvalue weighted by Crippen LogP contribution is 2.57. The Kier molecular flexibility index (Phi) is 14.4. The summed E-state index contributed by atoms with van der Waals surface area (Å²) < 4.78 is 14.5. The number of nitrogens with two attached hydrogens (primary N) is 1. The summed E-state index contributed by atoms with van der Waals surface area (Å²) in [6.07, 6.45) is 2.29. The number of fused-ring (bicyclic) bond motifs is 10. The van der Waals surface area contributed by atoms with E-state index < -0.39 is 124 Å². The van der Waals surface area contributed by atoms with Gasteiger partial charge in [-0.1, -0.05) is 80.6 Å². The molecular weight excluding hydrogens is 993 g/mol. The van der Waals surface area contributed by atoms with Gasteiger partial charge in [-0.25, -0.2) is 0 Å². The molecule has 7 N–H and O–H groups in total. The van der Waals surface area contributed by atoms with E-state index in [9.17, 15) is 38.1 Å². The van der Waals surface area contributed by atoms with Gasteiger partial charge in [0.25, 0.3) is 5.91 Å². The molecule has 6 aliphatic heterocycles. The van der Waals surface area contributed by atoms with Crippen molar-refractivity contribution in [1.82, 2.24) is 40.5 Å². The Bertz CT molecular complexity index is 3020. The van der Waals surface area contributed by atoms with Crippen LogP contribution >= 0.6 is 0 Å². The highest BCUT2D eigenvalue weighted by molar-refractivity contribution is 7.84. The lowest BCUT2D eigenvalue weighted by Gasteiger charge is -2.49. The molecule has 1 spiro atoms. The van der Waals surface area contributed by atoms with Gasteiger partial charge in [0.05, 0.1) is 17.8 Å². The number of nitrogens with zero attached hydrogens (tertiary/aromatic N) is 5. The maximum Gasteiger partial charge on any atom is 0.252 e. The third-order valence-corrected chi connectivity index (χ3v) is 17.2. The summed E-state index contributed by atoms with van der Waals surface area (Å²) in [4.78, 5) is 124. The predicted molar refractivity (Wildman–Crippen MR) is 281 cm³/mol. The van der Waals surface area contributed by atoms with Crippen LogP contribution in [0, 0.1) is 5.92 Å². The summed E-state index contributed by atoms with van der Waals surface area (Å²) in [5, 5.41) is 23.4. The van der Waals surface area contributed by atoms with Gasteiger partial charge in [0.15, 0.2) is 0 Å². The van der Waals surface area contributed by atoms with E-state index in [-0.39, 0.29) is 63.3 Å². The van der Waals surface area contributed by atoms with Crippen LogP contribution in [-0.2, 0) is 67.5 Å². The molecule has 8 amide bonds. The first-order valence-corrected chi connectivity index (χ1v) is 28.1. The number of carbonyl (C=O) groups is 8. The summed E-state index contributed by atoms with van der Waals surface area (Å²) in [5.41, 5.74) is 8.87. The first-order valence-electron chi connectivity index (χ1n) is 26.4. The van der Waals surface area contributed by atoms with Crippen LogP contribution in [0.3, 0.4) is 0 Å². The van der Waals surface area contributed by atoms with E-state index in [1.54, 1.807) is 23.6 Å². The topological polar surface area (TPSA) is 266 Å². The van der Waals surface area contributed by atoms with Crippen molar-refractivity contribution in [3.63, 3.8) is 0 Å². The van der Waals surface area contributed by atoms with E-state index in [0.717, 1.165) is 5.56 Å². The zero-order valence-electron chi connectivity index (χ0n) is 43.1. The molecule has 6 aliphatic rings. The van der Waals surface area contributed by atoms with Crippen molar-refractivity contribution < 1.29 is 47.7 Å². The van der Waals surface area contributed by atoms with Crippen LogP contribution in [0.2, 0.25) is 0 Å². The maximum absolute atomic E-state index is 15.4. The van der Waals surface area contributed by atoms with E-state index >= 15 is 9.59 Å². The number of benzene rings is 3. The fraction of sp³-hybridized carbons (Fsp3) is 0.491. The zero-order chi connectivity index (χ0) is 53.9. The second kappa shape index (κ2) is 20.9. The van der Waals surface area contributed by atoms with Crippen LogP contribution in [-0.4, -0.2) is 162 Å². The van der Waals surface area contributed by atoms with E-state index in [1.165, 1.54) is 23.0 Å². The first-order chi connectivity index (χ1) is 36.4. The number of hydrogen-bond acceptors (Lipinski definition) is 11. The van der Waals surface area contributed by atoms with Crippen LogP contribution < -0.4 is 31.9 Å². The molecule has 1 aromatic heterocycles. The smallest absolute Gasteiger partial charge is 0.252 e. The lowest BCUT2D eigenvalue weighted by molar-refractivity contribution is -0.148. The van der Waals surface area contributed by atoms with Crippen molar-refractivity contribution in [2.45, 2.75) is 138 Å². The predicted octanol–water partition coefficient (Wildman–Crippen LogP) is 0.525. The van der Waals surface area contributed by atoms with Gasteiger partial charge < -0.3 is 51.4 Å². The lowest BCUT2D eigenvalue weighted by Crippen LogP contribution is -2.69. The Hall–Kier alpha value is -6.97. The molecule has 10 rings (SSSR count). The Morgan fingerprint density at radius 1 is 0.724 bits per heavy atom. The molecule has 76 heavy (non-hydrogen) atoms. The average Bonchev–Trinajstić information content (AvgIpc) is 4.38. The van der Waals surface area contributed by atoms with Crippen molar-refractivity contribution >= 4 is 74.6 Å². The molecule has 20 nitrogen and oxygen atoms in total. The summed E-state index contributed by atoms with van der Waals surface area (Å²) in [7, 11) is -1.35. The van der Waals surface area contributed by atoms with Gasteiger partial charge in [0, 0.05) is 71.4 Å². The molecule has 0 saturated carbocycles. The maximum atomic E-state index is 15.4. The van der Waals surface area contributed by atoms with Crippen molar-refractivity contribution in [2.75, 3.05) is 30.0 Å². The highest BCUT2D eigenvalue weighted by Gasteiger charge is 2.68. The van der Waals surface area contributed by atoms with Gasteiger partial charge in [-0.3, -0.25) is 47.5 Å². The molecule has 0 aliphatic carbocycles. The number of aliphatic hydroxyl groups is 1. The Morgan fingerprint density at radius 3 is 2.03 bits per heavy atom. The quantitative estimate of drug-likeness (QED) is 0.149. The molecule has 4 aromatic rings. The first kappa shape index (κ1) is 52.5. The second-order valence-corrected chi connectivity index (χ2v) is 23.1. The van der Waals surface area contributed by atoms with Crippen LogP contribution in [0.5, 0.6) is 0 Å². The third kappa shape index (κ3) is 9.12. The largest absolute Gasteiger partial charge is 0.391 e. The van der Waals surface area contributed by atoms with Crippen molar-refractivity contribution in [1.29, 1.82) is 0 Å². The van der Waals surface area contributed by atoms with Crippen LogP contribution in [0.15, 0.2) is 85.1 Å². The molecule has 4 fully saturated rings. The van der Waals surface area contributed by atoms with Crippen molar-refractivity contribution in [3.05, 3.63) is 102 Å². The van der Waals surface area contributed by atoms with Crippen molar-refractivity contribution in [3.8, 4) is 0 Å². The molecule has 21 heteroatoms. The standard InChI is InChI=1S/C55H66N10O10S/c1-30(2)44-53(74)62-24-13-21-42(62)48(69)60-45(31(3)66)49(70)58-38-28-55(35-17-9-11-19-40(35)64-52(73)43(65(51(38)72)54(55)64)26-32-14-6-5-7-15-32)63-29-33(34-16-8-10-18-39(34)63)27-36(56)46(67)57-37(22-25-76(4)75)50(71)61-23-12-20-41(61)47(68)59-44/h5-11,14-19,29-31,36-38,41-45,54,66H,12-13,20-28,56H2,1-4H3,(H,57,67)(H,58,70)(H,59,68)(H,60,69)/t31-,36+,37+,38+,41+,42+,43+,44+,45+,54+,55-,76?/m1/s1. The van der Waals surface area contributed by atoms with Gasteiger partial charge >= 0.3 is 0 Å². The number of nitrogens with one attached hydrogen (secondary N) is 4. The zero-order valence-corrected chi connectivity index (χ0v) is 43.9. The van der Waals surface area contributed by atoms with Gasteiger partial charge in [0.2, 0.25) is 41.4 Å². The SMILES string of the molecule is CC(C)[C@@H]1NC(=O)[C@@H]2CCCN2C(=O)[C@H](CCS(C)=O)NC(=O)[C@@H](N)Cc2cn(c3ccccc23)[C@]23C[C@H](NC(=O)[C@H]([C@@H](C)O)NC(=O)[C@@H]4CCCN4C1=O)C(=O)N1[C@@H](Cc4ccccc4)C(=O)N(c4ccccc42)[C@@H]13. The number of rotatable bonds is 7. The lowest BCUT2D eigenvalue weighted by atomic mass is 9.78. The normalized spacial score (nSPS) is 30.2. The van der Waals surface area contributed by atoms with Crippen LogP contribution in [0.25, 0.3) is 10.9 Å². The summed E-state index contributed by atoms with van der Waals surface area (Å²) in [6.45, 7) is 5.17. The number of carbonyl (C=O) groups excluding carboxylic acids is 8. The molecular formula is C55H66N10O10S. The van der Waals surface area contributed by atoms with Gasteiger partial charge in [0.1, 0.15) is 54.0 Å². The van der Waals surface area contributed by atoms with E-state index in [4.69, 9.17) is 5.73 Å². The summed E-state index contributed by atoms with van der Waals surface area (Å²) in [5.74, 6) is -5.22. The average molecular weight is 1060 g/mol. The monoisotopic (exact) mass is 1060 g/mol. The molecule has 4 saturated heterocycles. The van der Waals surface area contributed by atoms with Crippen LogP contribution in [0.4, 0.5) is 5.69 Å². The Balaban J connectivity index is 1.11. The molecule has 3 aromatic carbocycles. The van der Waals surface area contributed by atoms with Crippen LogP contribution in [0.1, 0.15) is 76.0 Å². The minimum Gasteiger partial charge on any atom is -0.391 e. The number of piperidine rings is 1. The number of amides is 8. The van der Waals surface area contributed by atoms with Gasteiger partial charge in [-0.2, -0.15) is 0 Å². The highest BCUT2D eigenvalue weighted by atomic mass is 32.2. The number of aliphatic hydroxyl groups excluding tert-OH is 1. The minimum atomic E-state index is -1.60. The van der Waals surface area contributed by atoms with E-state index in [2.05, 4.69) is 21.3 Å². The Morgan fingerprint density at radius 2 is 1.36 bits per heavy atom. The summed E-state index contributed by atoms with van der Waals surface area (Å²) >= 11 is 0. The number of hydrogen-bond donors (Lipinski definition) is 6. The second-order valence-electron chi connectivity index (χ2n) is 21.6. The fourth-order valence-electron chi connectivity index (χ4n) is 12.7. The molecule has 402 valence electrons. The van der Waals surface area contributed by atoms with E-state index in [0.29, 0.717) is 40.6 Å². The number of para-hydroxylation sites is 2. The Labute approximate surface area is 442 Å². The number of anilines is 1. The fourth-order valence-corrected chi connectivity index (χ4v) is 13.3. The minimum absolute atomic E-state index is 0.0112. The molecule has 12 atom stereocenters.